The van der Waals surface area contributed by atoms with Gasteiger partial charge in [0.25, 0.3) is 0 Å². The molecule has 11 rings (SSSR count). The van der Waals surface area contributed by atoms with E-state index in [0.717, 1.165) is 77.7 Å². The first-order valence-electron chi connectivity index (χ1n) is 20.9. The summed E-state index contributed by atoms with van der Waals surface area (Å²) in [4.78, 5) is 20.7. The zero-order valence-corrected chi connectivity index (χ0v) is 33.7. The van der Waals surface area contributed by atoms with Crippen LogP contribution in [0, 0.1) is 0 Å². The molecule has 4 heteroatoms. The lowest BCUT2D eigenvalue weighted by molar-refractivity contribution is 1.22. The number of fused-ring (bicyclic) bond motifs is 2. The van der Waals surface area contributed by atoms with Gasteiger partial charge in [-0.15, -0.1) is 0 Å². The van der Waals surface area contributed by atoms with Gasteiger partial charge in [0.2, 0.25) is 0 Å². The SMILES string of the molecule is c1ccc(-c2cccc(-c3cccc(-c4nc(-c5ccc(-c6nc(-c7cccc(-c8cccc(-c9ccccc9)c8)c7)nc7ccccc67)cc5)c5ccccc5n4)c3)c2)cc1. The van der Waals surface area contributed by atoms with Crippen LogP contribution in [-0.2, 0) is 0 Å². The van der Waals surface area contributed by atoms with E-state index < -0.39 is 0 Å². The lowest BCUT2D eigenvalue weighted by atomic mass is 9.97. The third-order valence-corrected chi connectivity index (χ3v) is 11.5. The minimum absolute atomic E-state index is 0.685. The molecule has 290 valence electrons. The van der Waals surface area contributed by atoms with Crippen LogP contribution in [-0.4, -0.2) is 19.9 Å². The largest absolute Gasteiger partial charge is 0.228 e. The molecule has 2 heterocycles. The Morgan fingerprint density at radius 3 is 0.871 bits per heavy atom. The number of benzene rings is 9. The number of rotatable bonds is 8. The topological polar surface area (TPSA) is 51.6 Å². The molecule has 0 amide bonds. The molecule has 0 atom stereocenters. The molecule has 0 unspecified atom stereocenters. The molecule has 0 spiro atoms. The number of para-hydroxylation sites is 2. The first kappa shape index (κ1) is 36.7. The van der Waals surface area contributed by atoms with E-state index in [1.54, 1.807) is 0 Å². The molecule has 62 heavy (non-hydrogen) atoms. The van der Waals surface area contributed by atoms with Crippen LogP contribution in [0.5, 0.6) is 0 Å². The number of aromatic nitrogens is 4. The molecule has 0 fully saturated rings. The van der Waals surface area contributed by atoms with Gasteiger partial charge in [-0.3, -0.25) is 0 Å². The van der Waals surface area contributed by atoms with Crippen LogP contribution in [0.25, 0.3) is 112 Å². The highest BCUT2D eigenvalue weighted by Gasteiger charge is 2.16. The zero-order valence-electron chi connectivity index (χ0n) is 33.7. The van der Waals surface area contributed by atoms with Crippen LogP contribution < -0.4 is 0 Å². The van der Waals surface area contributed by atoms with Gasteiger partial charge in [0.1, 0.15) is 0 Å². The highest BCUT2D eigenvalue weighted by molar-refractivity contribution is 5.96. The molecule has 11 aromatic rings. The predicted molar refractivity (Wildman–Crippen MR) is 256 cm³/mol. The van der Waals surface area contributed by atoms with Crippen molar-refractivity contribution in [3.8, 4) is 89.8 Å². The fourth-order valence-corrected chi connectivity index (χ4v) is 8.33. The van der Waals surface area contributed by atoms with E-state index in [9.17, 15) is 0 Å². The van der Waals surface area contributed by atoms with Gasteiger partial charge in [0.15, 0.2) is 11.6 Å². The van der Waals surface area contributed by atoms with E-state index in [0.29, 0.717) is 11.6 Å². The summed E-state index contributed by atoms with van der Waals surface area (Å²) in [6.45, 7) is 0. The van der Waals surface area contributed by atoms with Gasteiger partial charge in [0.05, 0.1) is 22.4 Å². The molecule has 0 radical (unpaired) electrons. The van der Waals surface area contributed by atoms with Crippen molar-refractivity contribution in [1.29, 1.82) is 0 Å². The first-order valence-corrected chi connectivity index (χ1v) is 20.9. The number of hydrogen-bond acceptors (Lipinski definition) is 4. The minimum atomic E-state index is 0.685. The standard InChI is InChI=1S/C58H38N4/c1-3-15-39(16-4-1)43-19-11-21-45(35-43)47-23-13-25-49(37-47)57-59-53-29-9-7-27-51(53)55(61-57)41-31-33-42(34-32-41)56-52-28-8-10-30-54(52)60-58(62-56)50-26-14-24-48(38-50)46-22-12-20-44(36-46)40-17-5-2-6-18-40/h1-38H. The van der Waals surface area contributed by atoms with Crippen molar-refractivity contribution in [3.63, 3.8) is 0 Å². The lowest BCUT2D eigenvalue weighted by Crippen LogP contribution is -1.97. The van der Waals surface area contributed by atoms with Crippen LogP contribution in [0.3, 0.4) is 0 Å². The Labute approximate surface area is 360 Å². The maximum Gasteiger partial charge on any atom is 0.160 e. The normalized spacial score (nSPS) is 11.2. The molecule has 9 aromatic carbocycles. The van der Waals surface area contributed by atoms with Gasteiger partial charge < -0.3 is 0 Å². The molecule has 0 saturated carbocycles. The lowest BCUT2D eigenvalue weighted by Gasteiger charge is -2.13. The summed E-state index contributed by atoms with van der Waals surface area (Å²) in [7, 11) is 0. The summed E-state index contributed by atoms with van der Waals surface area (Å²) in [6.07, 6.45) is 0. The molecular weight excluding hydrogens is 753 g/mol. The molecule has 0 N–H and O–H groups in total. The minimum Gasteiger partial charge on any atom is -0.228 e. The van der Waals surface area contributed by atoms with Crippen LogP contribution in [0.2, 0.25) is 0 Å². The summed E-state index contributed by atoms with van der Waals surface area (Å²) in [5.41, 5.74) is 16.8. The van der Waals surface area contributed by atoms with E-state index in [1.165, 1.54) is 22.3 Å². The Hall–Kier alpha value is -8.34. The Bertz CT molecular complexity index is 3170. The van der Waals surface area contributed by atoms with Crippen molar-refractivity contribution in [3.05, 3.63) is 231 Å². The predicted octanol–water partition coefficient (Wildman–Crippen LogP) is 14.9. The fraction of sp³-hybridized carbons (Fsp3) is 0. The Balaban J connectivity index is 0.947. The van der Waals surface area contributed by atoms with Crippen molar-refractivity contribution in [2.24, 2.45) is 0 Å². The second-order valence-corrected chi connectivity index (χ2v) is 15.5. The third kappa shape index (κ3) is 7.20. The molecule has 0 aliphatic carbocycles. The molecule has 4 nitrogen and oxygen atoms in total. The summed E-state index contributed by atoms with van der Waals surface area (Å²) in [5, 5.41) is 2.00. The Kier molecular flexibility index (Phi) is 9.49. The first-order chi connectivity index (χ1) is 30.7. The number of hydrogen-bond donors (Lipinski definition) is 0. The molecular formula is C58H38N4. The van der Waals surface area contributed by atoms with Gasteiger partial charge in [0, 0.05) is 33.0 Å². The highest BCUT2D eigenvalue weighted by Crippen LogP contribution is 2.36. The third-order valence-electron chi connectivity index (χ3n) is 11.5. The van der Waals surface area contributed by atoms with E-state index in [4.69, 9.17) is 19.9 Å². The van der Waals surface area contributed by atoms with Crippen LogP contribution in [0.1, 0.15) is 0 Å². The maximum atomic E-state index is 5.27. The summed E-state index contributed by atoms with van der Waals surface area (Å²) in [6, 6.07) is 80.5. The fourth-order valence-electron chi connectivity index (χ4n) is 8.33. The van der Waals surface area contributed by atoms with Crippen LogP contribution in [0.4, 0.5) is 0 Å². The van der Waals surface area contributed by atoms with Gasteiger partial charge in [-0.2, -0.15) is 0 Å². The summed E-state index contributed by atoms with van der Waals surface area (Å²) in [5.74, 6) is 1.37. The molecule has 0 aliphatic heterocycles. The van der Waals surface area contributed by atoms with Gasteiger partial charge in [-0.05, 0) is 80.9 Å². The van der Waals surface area contributed by atoms with E-state index in [2.05, 4.69) is 194 Å². The van der Waals surface area contributed by atoms with Crippen LogP contribution >= 0.6 is 0 Å². The van der Waals surface area contributed by atoms with Gasteiger partial charge >= 0.3 is 0 Å². The molecule has 0 aliphatic rings. The molecule has 0 bridgehead atoms. The Morgan fingerprint density at radius 2 is 0.484 bits per heavy atom. The van der Waals surface area contributed by atoms with Gasteiger partial charge in [-0.25, -0.2) is 19.9 Å². The Morgan fingerprint density at radius 1 is 0.194 bits per heavy atom. The quantitative estimate of drug-likeness (QED) is 0.154. The van der Waals surface area contributed by atoms with Crippen molar-refractivity contribution < 1.29 is 0 Å². The van der Waals surface area contributed by atoms with Crippen molar-refractivity contribution >= 4 is 21.8 Å². The second kappa shape index (κ2) is 16.0. The monoisotopic (exact) mass is 790 g/mol. The van der Waals surface area contributed by atoms with E-state index in [-0.39, 0.29) is 0 Å². The average molecular weight is 791 g/mol. The maximum absolute atomic E-state index is 5.27. The van der Waals surface area contributed by atoms with Crippen molar-refractivity contribution in [2.75, 3.05) is 0 Å². The zero-order chi connectivity index (χ0) is 41.2. The molecule has 2 aromatic heterocycles. The second-order valence-electron chi connectivity index (χ2n) is 15.5. The van der Waals surface area contributed by atoms with E-state index in [1.807, 2.05) is 36.4 Å². The van der Waals surface area contributed by atoms with Gasteiger partial charge in [-0.1, -0.05) is 194 Å². The number of nitrogens with zero attached hydrogens (tertiary/aromatic N) is 4. The van der Waals surface area contributed by atoms with Crippen molar-refractivity contribution in [1.82, 2.24) is 19.9 Å². The smallest absolute Gasteiger partial charge is 0.160 e. The summed E-state index contributed by atoms with van der Waals surface area (Å²) >= 11 is 0. The average Bonchev–Trinajstić information content (AvgIpc) is 3.36. The highest BCUT2D eigenvalue weighted by atomic mass is 14.9. The van der Waals surface area contributed by atoms with E-state index >= 15 is 0 Å². The van der Waals surface area contributed by atoms with Crippen LogP contribution in [0.15, 0.2) is 231 Å². The van der Waals surface area contributed by atoms with Crippen molar-refractivity contribution in [2.45, 2.75) is 0 Å². The summed E-state index contributed by atoms with van der Waals surface area (Å²) < 4.78 is 0. The molecule has 0 saturated heterocycles.